The van der Waals surface area contributed by atoms with Crippen molar-refractivity contribution in [2.75, 3.05) is 7.05 Å². The molecule has 0 saturated heterocycles. The van der Waals surface area contributed by atoms with Crippen LogP contribution in [0.2, 0.25) is 0 Å². The molecule has 1 unspecified atom stereocenters. The van der Waals surface area contributed by atoms with Crippen molar-refractivity contribution in [1.82, 2.24) is 5.32 Å². The third kappa shape index (κ3) is 3.41. The van der Waals surface area contributed by atoms with E-state index in [1.807, 2.05) is 0 Å². The number of halogens is 4. The average Bonchev–Trinajstić information content (AvgIpc) is 2.43. The van der Waals surface area contributed by atoms with Crippen LogP contribution in [0.4, 0.5) is 13.2 Å². The number of rotatable bonds is 4. The molecule has 0 amide bonds. The van der Waals surface area contributed by atoms with Gasteiger partial charge in [-0.05, 0) is 65.3 Å². The van der Waals surface area contributed by atoms with Crippen molar-refractivity contribution in [1.29, 1.82) is 0 Å². The second-order valence-electron chi connectivity index (χ2n) is 4.46. The van der Waals surface area contributed by atoms with E-state index in [9.17, 15) is 13.2 Å². The average molecular weight is 344 g/mol. The van der Waals surface area contributed by atoms with Gasteiger partial charge in [-0.1, -0.05) is 6.07 Å². The lowest BCUT2D eigenvalue weighted by Gasteiger charge is -2.18. The molecular weight excluding hydrogens is 331 g/mol. The van der Waals surface area contributed by atoms with E-state index in [1.54, 1.807) is 19.2 Å². The first kappa shape index (κ1) is 15.1. The third-order valence-corrected chi connectivity index (χ3v) is 3.71. The van der Waals surface area contributed by atoms with Crippen molar-refractivity contribution in [3.8, 4) is 0 Å². The Hall–Kier alpha value is -1.33. The highest BCUT2D eigenvalue weighted by molar-refractivity contribution is 9.10. The Morgan fingerprint density at radius 1 is 1.05 bits per heavy atom. The largest absolute Gasteiger partial charge is 0.313 e. The van der Waals surface area contributed by atoms with Gasteiger partial charge in [0.25, 0.3) is 0 Å². The molecule has 20 heavy (non-hydrogen) atoms. The summed E-state index contributed by atoms with van der Waals surface area (Å²) in [5, 5.41) is 2.95. The summed E-state index contributed by atoms with van der Waals surface area (Å²) in [5.74, 6) is -1.31. The zero-order valence-electron chi connectivity index (χ0n) is 10.8. The van der Waals surface area contributed by atoms with Gasteiger partial charge < -0.3 is 5.32 Å². The topological polar surface area (TPSA) is 12.0 Å². The van der Waals surface area contributed by atoms with Gasteiger partial charge in [0.1, 0.15) is 17.5 Å². The summed E-state index contributed by atoms with van der Waals surface area (Å²) in [6.07, 6.45) is 0.426. The lowest BCUT2D eigenvalue weighted by Crippen LogP contribution is -2.20. The van der Waals surface area contributed by atoms with Gasteiger partial charge in [0.15, 0.2) is 0 Å². The summed E-state index contributed by atoms with van der Waals surface area (Å²) in [5.41, 5.74) is 1.08. The minimum absolute atomic E-state index is 0.257. The molecule has 0 aliphatic rings. The predicted octanol–water partition coefficient (Wildman–Crippen LogP) is 4.37. The van der Waals surface area contributed by atoms with E-state index in [4.69, 9.17) is 0 Å². The Balaban J connectivity index is 2.28. The molecule has 2 rings (SSSR count). The van der Waals surface area contributed by atoms with Crippen LogP contribution in [0.25, 0.3) is 0 Å². The van der Waals surface area contributed by atoms with Crippen molar-refractivity contribution in [3.63, 3.8) is 0 Å². The summed E-state index contributed by atoms with van der Waals surface area (Å²) < 4.78 is 40.6. The van der Waals surface area contributed by atoms with Crippen molar-refractivity contribution >= 4 is 15.9 Å². The summed E-state index contributed by atoms with van der Waals surface area (Å²) in [6, 6.07) is 7.58. The lowest BCUT2D eigenvalue weighted by molar-refractivity contribution is 0.522. The molecule has 1 nitrogen and oxygen atoms in total. The number of hydrogen-bond donors (Lipinski definition) is 1. The van der Waals surface area contributed by atoms with Crippen molar-refractivity contribution in [2.24, 2.45) is 0 Å². The molecule has 2 aromatic carbocycles. The van der Waals surface area contributed by atoms with Crippen LogP contribution in [0.5, 0.6) is 0 Å². The summed E-state index contributed by atoms with van der Waals surface area (Å²) in [7, 11) is 1.67. The van der Waals surface area contributed by atoms with Crippen LogP contribution < -0.4 is 5.32 Å². The third-order valence-electron chi connectivity index (χ3n) is 3.11. The smallest absolute Gasteiger partial charge is 0.137 e. The lowest BCUT2D eigenvalue weighted by atomic mass is 9.98. The van der Waals surface area contributed by atoms with Gasteiger partial charge in [-0.3, -0.25) is 0 Å². The SMILES string of the molecule is CNC(Cc1ccc(F)c(Br)c1)c1cc(F)ccc1F. The first-order valence-corrected chi connectivity index (χ1v) is 6.86. The van der Waals surface area contributed by atoms with Crippen LogP contribution in [0.15, 0.2) is 40.9 Å². The van der Waals surface area contributed by atoms with Crippen LogP contribution in [-0.2, 0) is 6.42 Å². The molecule has 0 fully saturated rings. The van der Waals surface area contributed by atoms with E-state index >= 15 is 0 Å². The second kappa shape index (κ2) is 6.41. The van der Waals surface area contributed by atoms with Crippen LogP contribution in [-0.4, -0.2) is 7.05 Å². The van der Waals surface area contributed by atoms with E-state index < -0.39 is 11.6 Å². The minimum Gasteiger partial charge on any atom is -0.313 e. The Kier molecular flexibility index (Phi) is 4.83. The Morgan fingerprint density at radius 3 is 2.40 bits per heavy atom. The normalized spacial score (nSPS) is 12.4. The van der Waals surface area contributed by atoms with Gasteiger partial charge in [-0.25, -0.2) is 13.2 Å². The first-order valence-electron chi connectivity index (χ1n) is 6.07. The van der Waals surface area contributed by atoms with Crippen molar-refractivity contribution in [2.45, 2.75) is 12.5 Å². The Bertz CT molecular complexity index is 616. The van der Waals surface area contributed by atoms with E-state index in [-0.39, 0.29) is 17.4 Å². The zero-order chi connectivity index (χ0) is 14.7. The van der Waals surface area contributed by atoms with Crippen LogP contribution in [0.1, 0.15) is 17.2 Å². The van der Waals surface area contributed by atoms with E-state index in [2.05, 4.69) is 21.2 Å². The van der Waals surface area contributed by atoms with Gasteiger partial charge in [0, 0.05) is 11.6 Å². The van der Waals surface area contributed by atoms with Crippen LogP contribution >= 0.6 is 15.9 Å². The maximum absolute atomic E-state index is 13.8. The van der Waals surface area contributed by atoms with Gasteiger partial charge in [-0.2, -0.15) is 0 Å². The standard InChI is InChI=1S/C15H13BrF3N/c1-20-15(11-8-10(17)3-5-13(11)18)7-9-2-4-14(19)12(16)6-9/h2-6,8,15,20H,7H2,1H3. The summed E-state index contributed by atoms with van der Waals surface area (Å²) in [6.45, 7) is 0. The molecule has 106 valence electrons. The van der Waals surface area contributed by atoms with Gasteiger partial charge in [-0.15, -0.1) is 0 Å². The first-order chi connectivity index (χ1) is 9.51. The van der Waals surface area contributed by atoms with E-state index in [1.165, 1.54) is 12.1 Å². The molecule has 0 aliphatic heterocycles. The molecule has 0 heterocycles. The molecule has 0 aliphatic carbocycles. The van der Waals surface area contributed by atoms with Gasteiger partial charge in [0.05, 0.1) is 4.47 Å². The molecule has 5 heteroatoms. The van der Waals surface area contributed by atoms with Gasteiger partial charge in [0.2, 0.25) is 0 Å². The monoisotopic (exact) mass is 343 g/mol. The highest BCUT2D eigenvalue weighted by Crippen LogP contribution is 2.24. The predicted molar refractivity (Wildman–Crippen MR) is 76.0 cm³/mol. The molecule has 0 bridgehead atoms. The molecule has 0 spiro atoms. The Morgan fingerprint density at radius 2 is 1.75 bits per heavy atom. The summed E-state index contributed by atoms with van der Waals surface area (Å²) in [4.78, 5) is 0. The highest BCUT2D eigenvalue weighted by atomic mass is 79.9. The molecule has 1 atom stereocenters. The van der Waals surface area contributed by atoms with Crippen molar-refractivity contribution < 1.29 is 13.2 Å². The molecule has 0 saturated carbocycles. The minimum atomic E-state index is -0.484. The second-order valence-corrected chi connectivity index (χ2v) is 5.31. The molecule has 2 aromatic rings. The quantitative estimate of drug-likeness (QED) is 0.869. The fraction of sp³-hybridized carbons (Fsp3) is 0.200. The molecule has 0 radical (unpaired) electrons. The zero-order valence-corrected chi connectivity index (χ0v) is 12.3. The molecular formula is C15H13BrF3N. The van der Waals surface area contributed by atoms with E-state index in [0.29, 0.717) is 10.9 Å². The number of hydrogen-bond acceptors (Lipinski definition) is 1. The number of benzene rings is 2. The number of nitrogens with one attached hydrogen (secondary N) is 1. The highest BCUT2D eigenvalue weighted by Gasteiger charge is 2.16. The molecule has 1 N–H and O–H groups in total. The van der Waals surface area contributed by atoms with Gasteiger partial charge >= 0.3 is 0 Å². The fourth-order valence-corrected chi connectivity index (χ4v) is 2.48. The summed E-state index contributed by atoms with van der Waals surface area (Å²) >= 11 is 3.11. The van der Waals surface area contributed by atoms with Crippen LogP contribution in [0.3, 0.4) is 0 Å². The van der Waals surface area contributed by atoms with Crippen LogP contribution in [0, 0.1) is 17.5 Å². The Labute approximate surface area is 123 Å². The maximum atomic E-state index is 13.8. The van der Waals surface area contributed by atoms with Crippen molar-refractivity contribution in [3.05, 3.63) is 69.4 Å². The molecule has 0 aromatic heterocycles. The van der Waals surface area contributed by atoms with E-state index in [0.717, 1.165) is 17.7 Å². The maximum Gasteiger partial charge on any atom is 0.137 e. The number of likely N-dealkylation sites (N-methyl/N-ethyl adjacent to an activating group) is 1. The fourth-order valence-electron chi connectivity index (χ4n) is 2.05.